The van der Waals surface area contributed by atoms with Gasteiger partial charge in [0.05, 0.1) is 6.10 Å². The second-order valence-electron chi connectivity index (χ2n) is 2.86. The van der Waals surface area contributed by atoms with Crippen molar-refractivity contribution in [3.8, 4) is 0 Å². The first-order valence-corrected chi connectivity index (χ1v) is 4.93. The molecule has 0 spiro atoms. The third-order valence-corrected chi connectivity index (χ3v) is 3.25. The molecule has 0 radical (unpaired) electrons. The highest BCUT2D eigenvalue weighted by Crippen LogP contribution is 2.35. The number of benzene rings is 1. The lowest BCUT2D eigenvalue weighted by molar-refractivity contribution is 0.190. The Labute approximate surface area is 79.6 Å². The van der Waals surface area contributed by atoms with Crippen LogP contribution in [0.15, 0.2) is 24.3 Å². The number of rotatable bonds is 0. The van der Waals surface area contributed by atoms with Crippen LogP contribution in [0.25, 0.3) is 0 Å². The van der Waals surface area contributed by atoms with Crippen LogP contribution in [0.4, 0.5) is 0 Å². The lowest BCUT2D eigenvalue weighted by Gasteiger charge is -2.05. The molecule has 2 rings (SSSR count). The summed E-state index contributed by atoms with van der Waals surface area (Å²) in [7, 11) is 0. The molecule has 0 bridgehead atoms. The van der Waals surface area contributed by atoms with Crippen molar-refractivity contribution < 1.29 is 5.11 Å². The van der Waals surface area contributed by atoms with Crippen LogP contribution in [0.2, 0.25) is 0 Å². The molecular weight excluding hydrogens is 251 g/mol. The van der Waals surface area contributed by atoms with Gasteiger partial charge in [-0.3, -0.25) is 0 Å². The van der Waals surface area contributed by atoms with E-state index < -0.39 is 0 Å². The lowest BCUT2D eigenvalue weighted by Crippen LogP contribution is -2.03. The summed E-state index contributed by atoms with van der Waals surface area (Å²) in [6.07, 6.45) is 0.768. The third-order valence-electron chi connectivity index (χ3n) is 2.13. The van der Waals surface area contributed by atoms with Crippen LogP contribution in [-0.4, -0.2) is 9.03 Å². The second-order valence-corrected chi connectivity index (χ2v) is 4.46. The number of fused-ring (bicyclic) bond motifs is 1. The molecule has 1 N–H and O–H groups in total. The minimum atomic E-state index is -0.244. The molecule has 1 aromatic carbocycles. The van der Waals surface area contributed by atoms with E-state index in [1.54, 1.807) is 0 Å². The van der Waals surface area contributed by atoms with Gasteiger partial charge in [-0.25, -0.2) is 0 Å². The van der Waals surface area contributed by atoms with E-state index in [0.29, 0.717) is 3.92 Å². The molecule has 0 aromatic heterocycles. The molecule has 0 aliphatic heterocycles. The zero-order valence-corrected chi connectivity index (χ0v) is 8.15. The first kappa shape index (κ1) is 7.55. The Kier molecular flexibility index (Phi) is 1.89. The summed E-state index contributed by atoms with van der Waals surface area (Å²) in [5, 5.41) is 9.64. The summed E-state index contributed by atoms with van der Waals surface area (Å²) < 4.78 is 0.366. The van der Waals surface area contributed by atoms with Crippen LogP contribution >= 0.6 is 22.6 Å². The standard InChI is InChI=1S/C9H9IO/c10-8-5-6-3-1-2-4-7(6)9(8)11/h1-4,8-9,11H,5H2. The smallest absolute Gasteiger partial charge is 0.0913 e. The Balaban J connectivity index is 2.47. The number of alkyl halides is 1. The van der Waals surface area contributed by atoms with Gasteiger partial charge in [-0.1, -0.05) is 46.9 Å². The predicted octanol–water partition coefficient (Wildman–Crippen LogP) is 2.08. The Morgan fingerprint density at radius 2 is 2.09 bits per heavy atom. The van der Waals surface area contributed by atoms with E-state index in [1.165, 1.54) is 5.56 Å². The van der Waals surface area contributed by atoms with Crippen molar-refractivity contribution >= 4 is 22.6 Å². The molecule has 2 atom stereocenters. The Bertz CT molecular complexity index is 272. The largest absolute Gasteiger partial charge is 0.387 e. The van der Waals surface area contributed by atoms with Crippen molar-refractivity contribution in [2.75, 3.05) is 0 Å². The third kappa shape index (κ3) is 1.18. The topological polar surface area (TPSA) is 20.2 Å². The molecule has 11 heavy (non-hydrogen) atoms. The zero-order valence-electron chi connectivity index (χ0n) is 6.00. The van der Waals surface area contributed by atoms with Crippen molar-refractivity contribution in [1.82, 2.24) is 0 Å². The molecule has 0 saturated carbocycles. The van der Waals surface area contributed by atoms with Gasteiger partial charge < -0.3 is 5.11 Å². The van der Waals surface area contributed by atoms with Gasteiger partial charge in [-0.15, -0.1) is 0 Å². The Morgan fingerprint density at radius 3 is 2.82 bits per heavy atom. The van der Waals surface area contributed by atoms with E-state index in [4.69, 9.17) is 0 Å². The van der Waals surface area contributed by atoms with Crippen molar-refractivity contribution in [2.24, 2.45) is 0 Å². The Hall–Kier alpha value is -0.0900. The van der Waals surface area contributed by atoms with Crippen LogP contribution in [0.1, 0.15) is 17.2 Å². The van der Waals surface area contributed by atoms with Gasteiger partial charge in [-0.05, 0) is 17.5 Å². The number of halogens is 1. The van der Waals surface area contributed by atoms with E-state index in [-0.39, 0.29) is 6.10 Å². The summed E-state index contributed by atoms with van der Waals surface area (Å²) in [5.74, 6) is 0. The molecule has 2 unspecified atom stereocenters. The van der Waals surface area contributed by atoms with Gasteiger partial charge in [0.15, 0.2) is 0 Å². The van der Waals surface area contributed by atoms with Crippen LogP contribution in [0.5, 0.6) is 0 Å². The molecule has 0 saturated heterocycles. The lowest BCUT2D eigenvalue weighted by atomic mass is 10.1. The fourth-order valence-corrected chi connectivity index (χ4v) is 2.39. The highest BCUT2D eigenvalue weighted by Gasteiger charge is 2.27. The quantitative estimate of drug-likeness (QED) is 0.559. The summed E-state index contributed by atoms with van der Waals surface area (Å²) >= 11 is 2.30. The van der Waals surface area contributed by atoms with Crippen molar-refractivity contribution in [3.63, 3.8) is 0 Å². The number of aliphatic hydroxyl groups is 1. The van der Waals surface area contributed by atoms with E-state index in [9.17, 15) is 5.11 Å². The molecule has 58 valence electrons. The second kappa shape index (κ2) is 2.75. The molecule has 0 heterocycles. The molecule has 0 fully saturated rings. The van der Waals surface area contributed by atoms with Gasteiger partial charge >= 0.3 is 0 Å². The van der Waals surface area contributed by atoms with Crippen LogP contribution in [-0.2, 0) is 6.42 Å². The predicted molar refractivity (Wildman–Crippen MR) is 52.9 cm³/mol. The maximum atomic E-state index is 9.64. The van der Waals surface area contributed by atoms with Crippen LogP contribution < -0.4 is 0 Å². The van der Waals surface area contributed by atoms with Gasteiger partial charge in [0, 0.05) is 3.92 Å². The van der Waals surface area contributed by atoms with Gasteiger partial charge in [0.25, 0.3) is 0 Å². The van der Waals surface area contributed by atoms with Crippen LogP contribution in [0.3, 0.4) is 0 Å². The summed E-state index contributed by atoms with van der Waals surface area (Å²) in [6, 6.07) is 8.12. The highest BCUT2D eigenvalue weighted by molar-refractivity contribution is 14.1. The fourth-order valence-electron chi connectivity index (χ4n) is 1.53. The minimum absolute atomic E-state index is 0.244. The maximum absolute atomic E-state index is 9.64. The SMILES string of the molecule is OC1c2ccccc2CC1I. The highest BCUT2D eigenvalue weighted by atomic mass is 127. The van der Waals surface area contributed by atoms with Crippen molar-refractivity contribution in [2.45, 2.75) is 16.4 Å². The van der Waals surface area contributed by atoms with Crippen molar-refractivity contribution in [3.05, 3.63) is 35.4 Å². The van der Waals surface area contributed by atoms with Gasteiger partial charge in [0.2, 0.25) is 0 Å². The molecule has 2 heteroatoms. The summed E-state index contributed by atoms with van der Waals surface area (Å²) in [4.78, 5) is 0. The molecule has 1 nitrogen and oxygen atoms in total. The summed E-state index contributed by atoms with van der Waals surface area (Å²) in [6.45, 7) is 0. The van der Waals surface area contributed by atoms with Gasteiger partial charge in [-0.2, -0.15) is 0 Å². The van der Waals surface area contributed by atoms with E-state index in [0.717, 1.165) is 12.0 Å². The normalized spacial score (nSPS) is 28.5. The maximum Gasteiger partial charge on any atom is 0.0913 e. The first-order valence-electron chi connectivity index (χ1n) is 3.69. The summed E-state index contributed by atoms with van der Waals surface area (Å²) in [5.41, 5.74) is 2.42. The van der Waals surface area contributed by atoms with Gasteiger partial charge in [0.1, 0.15) is 0 Å². The molecular formula is C9H9IO. The monoisotopic (exact) mass is 260 g/mol. The Morgan fingerprint density at radius 1 is 1.36 bits per heavy atom. The number of aliphatic hydroxyl groups excluding tert-OH is 1. The number of hydrogen-bond acceptors (Lipinski definition) is 1. The zero-order chi connectivity index (χ0) is 7.84. The average Bonchev–Trinajstić information content (AvgIpc) is 2.30. The van der Waals surface area contributed by atoms with E-state index >= 15 is 0 Å². The van der Waals surface area contributed by atoms with Crippen molar-refractivity contribution in [1.29, 1.82) is 0 Å². The minimum Gasteiger partial charge on any atom is -0.387 e. The first-order chi connectivity index (χ1) is 5.29. The van der Waals surface area contributed by atoms with E-state index in [1.807, 2.05) is 18.2 Å². The molecule has 0 amide bonds. The fraction of sp³-hybridized carbons (Fsp3) is 0.333. The molecule has 1 aromatic rings. The molecule has 1 aliphatic carbocycles. The average molecular weight is 260 g/mol. The van der Waals surface area contributed by atoms with E-state index in [2.05, 4.69) is 28.7 Å². The molecule has 1 aliphatic rings. The van der Waals surface area contributed by atoms with Crippen LogP contribution in [0, 0.1) is 0 Å². The number of hydrogen-bond donors (Lipinski definition) is 1.